The van der Waals surface area contributed by atoms with E-state index < -0.39 is 17.5 Å². The van der Waals surface area contributed by atoms with E-state index in [0.29, 0.717) is 5.56 Å². The van der Waals surface area contributed by atoms with Crippen molar-refractivity contribution in [2.75, 3.05) is 5.73 Å². The fourth-order valence-electron chi connectivity index (χ4n) is 2.36. The Kier molecular flexibility index (Phi) is 3.35. The van der Waals surface area contributed by atoms with Gasteiger partial charge in [0.1, 0.15) is 0 Å². The molecule has 0 bridgehead atoms. The smallest absolute Gasteiger partial charge is 0.417 e. The van der Waals surface area contributed by atoms with Crippen molar-refractivity contribution in [1.29, 1.82) is 0 Å². The van der Waals surface area contributed by atoms with Crippen LogP contribution >= 0.6 is 0 Å². The average Bonchev–Trinajstić information content (AvgIpc) is 2.84. The van der Waals surface area contributed by atoms with Crippen molar-refractivity contribution in [2.24, 2.45) is 0 Å². The fraction of sp³-hybridized carbons (Fsp3) is 0.125. The highest BCUT2D eigenvalue weighted by molar-refractivity contribution is 6.06. The lowest BCUT2D eigenvalue weighted by atomic mass is 10.1. The number of Topliss-reactive ketones (excluding diaryl/α,β-unsaturated/α-hetero) is 1. The highest BCUT2D eigenvalue weighted by Crippen LogP contribution is 2.41. The van der Waals surface area contributed by atoms with Gasteiger partial charge in [0.05, 0.1) is 22.3 Å². The number of nitrogen functional groups attached to an aromatic ring is 1. The van der Waals surface area contributed by atoms with Gasteiger partial charge in [-0.05, 0) is 6.07 Å². The van der Waals surface area contributed by atoms with Crippen molar-refractivity contribution in [3.8, 4) is 11.3 Å². The lowest BCUT2D eigenvalue weighted by Gasteiger charge is -2.10. The molecule has 0 aliphatic heterocycles. The van der Waals surface area contributed by atoms with Crippen LogP contribution in [0.3, 0.4) is 0 Å². The van der Waals surface area contributed by atoms with Crippen LogP contribution in [0.1, 0.15) is 23.0 Å². The Morgan fingerprint density at radius 3 is 2.43 bits per heavy atom. The first-order valence-corrected chi connectivity index (χ1v) is 6.65. The lowest BCUT2D eigenvalue weighted by Crippen LogP contribution is -2.07. The van der Waals surface area contributed by atoms with Gasteiger partial charge in [-0.25, -0.2) is 4.98 Å². The van der Waals surface area contributed by atoms with E-state index >= 15 is 0 Å². The molecule has 23 heavy (non-hydrogen) atoms. The molecule has 0 spiro atoms. The zero-order chi connectivity index (χ0) is 16.8. The van der Waals surface area contributed by atoms with Gasteiger partial charge >= 0.3 is 6.18 Å². The number of benzene rings is 1. The predicted molar refractivity (Wildman–Crippen MR) is 78.9 cm³/mol. The van der Waals surface area contributed by atoms with Crippen LogP contribution in [0.4, 0.5) is 18.9 Å². The second kappa shape index (κ2) is 5.12. The Balaban J connectivity index is 2.38. The molecule has 0 fully saturated rings. The Labute approximate surface area is 128 Å². The highest BCUT2D eigenvalue weighted by atomic mass is 19.4. The number of hydrogen-bond acceptors (Lipinski definition) is 4. The van der Waals surface area contributed by atoms with Crippen LogP contribution in [0.5, 0.6) is 0 Å². The molecular weight excluding hydrogens is 309 g/mol. The normalized spacial score (nSPS) is 11.8. The lowest BCUT2D eigenvalue weighted by molar-refractivity contribution is -0.136. The molecule has 2 heterocycles. The maximum Gasteiger partial charge on any atom is 0.417 e. The molecule has 7 heteroatoms. The van der Waals surface area contributed by atoms with E-state index in [-0.39, 0.29) is 28.2 Å². The number of aromatic nitrogens is 1. The van der Waals surface area contributed by atoms with Crippen molar-refractivity contribution < 1.29 is 22.4 Å². The largest absolute Gasteiger partial charge is 0.432 e. The Morgan fingerprint density at radius 2 is 1.87 bits per heavy atom. The number of ketones is 1. The third-order valence-corrected chi connectivity index (χ3v) is 3.39. The number of fused-ring (bicyclic) bond motifs is 1. The number of halogens is 3. The van der Waals surface area contributed by atoms with E-state index in [1.54, 1.807) is 30.3 Å². The minimum absolute atomic E-state index is 0.0919. The van der Waals surface area contributed by atoms with Gasteiger partial charge in [0.25, 0.3) is 0 Å². The molecule has 0 saturated carbocycles. The quantitative estimate of drug-likeness (QED) is 0.715. The number of rotatable bonds is 2. The van der Waals surface area contributed by atoms with Crippen LogP contribution in [-0.2, 0) is 6.18 Å². The first-order chi connectivity index (χ1) is 10.8. The molecule has 3 aromatic rings. The molecule has 0 aliphatic carbocycles. The van der Waals surface area contributed by atoms with E-state index in [2.05, 4.69) is 4.98 Å². The standard InChI is InChI=1S/C16H11F3N2O2/c1-8(22)14-13(20)12-10(16(17,18)19)7-11(21-15(12)23-14)9-5-3-2-4-6-9/h2-7H,20H2,1H3. The summed E-state index contributed by atoms with van der Waals surface area (Å²) in [7, 11) is 0. The zero-order valence-corrected chi connectivity index (χ0v) is 11.9. The first-order valence-electron chi connectivity index (χ1n) is 6.65. The number of alkyl halides is 3. The maximum atomic E-state index is 13.4. The van der Waals surface area contributed by atoms with Crippen molar-refractivity contribution in [1.82, 2.24) is 4.98 Å². The average molecular weight is 320 g/mol. The highest BCUT2D eigenvalue weighted by Gasteiger charge is 2.36. The van der Waals surface area contributed by atoms with Crippen molar-refractivity contribution in [3.05, 3.63) is 47.7 Å². The summed E-state index contributed by atoms with van der Waals surface area (Å²) in [6, 6.07) is 9.29. The summed E-state index contributed by atoms with van der Waals surface area (Å²) in [5.41, 5.74) is 4.64. The molecule has 0 amide bonds. The van der Waals surface area contributed by atoms with Crippen molar-refractivity contribution in [3.63, 3.8) is 0 Å². The summed E-state index contributed by atoms with van der Waals surface area (Å²) in [4.78, 5) is 15.6. The van der Waals surface area contributed by atoms with Crippen LogP contribution in [0.15, 0.2) is 40.8 Å². The fourth-order valence-corrected chi connectivity index (χ4v) is 2.36. The van der Waals surface area contributed by atoms with Gasteiger partial charge in [0.2, 0.25) is 5.71 Å². The number of anilines is 1. The van der Waals surface area contributed by atoms with Crippen LogP contribution in [0, 0.1) is 0 Å². The minimum atomic E-state index is -4.66. The zero-order valence-electron chi connectivity index (χ0n) is 11.9. The van der Waals surface area contributed by atoms with Gasteiger partial charge in [-0.15, -0.1) is 0 Å². The van der Waals surface area contributed by atoms with Crippen LogP contribution in [0.25, 0.3) is 22.4 Å². The number of nitrogens with zero attached hydrogens (tertiary/aromatic N) is 1. The number of pyridine rings is 1. The molecule has 3 rings (SSSR count). The summed E-state index contributed by atoms with van der Waals surface area (Å²) in [6.07, 6.45) is -4.66. The minimum Gasteiger partial charge on any atom is -0.432 e. The topological polar surface area (TPSA) is 69.1 Å². The number of nitrogens with two attached hydrogens (primary N) is 1. The summed E-state index contributed by atoms with van der Waals surface area (Å²) in [6.45, 7) is 1.17. The van der Waals surface area contributed by atoms with Gasteiger partial charge in [-0.2, -0.15) is 13.2 Å². The molecule has 1 aromatic carbocycles. The number of carbonyl (C=O) groups excluding carboxylic acids is 1. The van der Waals surface area contributed by atoms with E-state index in [4.69, 9.17) is 10.2 Å². The molecule has 118 valence electrons. The molecular formula is C16H11F3N2O2. The number of hydrogen-bond donors (Lipinski definition) is 1. The van der Waals surface area contributed by atoms with E-state index in [1.807, 2.05) is 0 Å². The maximum absolute atomic E-state index is 13.4. The SMILES string of the molecule is CC(=O)c1oc2nc(-c3ccccc3)cc(C(F)(F)F)c2c1N. The van der Waals surface area contributed by atoms with E-state index in [0.717, 1.165) is 6.07 Å². The number of carbonyl (C=O) groups is 1. The van der Waals surface area contributed by atoms with E-state index in [1.165, 1.54) is 6.92 Å². The molecule has 2 N–H and O–H groups in total. The predicted octanol–water partition coefficient (Wildman–Crippen LogP) is 4.30. The summed E-state index contributed by atoms with van der Waals surface area (Å²) >= 11 is 0. The number of furan rings is 1. The molecule has 2 aromatic heterocycles. The Hall–Kier alpha value is -2.83. The van der Waals surface area contributed by atoms with Crippen molar-refractivity contribution in [2.45, 2.75) is 13.1 Å². The molecule has 0 aliphatic rings. The monoisotopic (exact) mass is 320 g/mol. The second-order valence-corrected chi connectivity index (χ2v) is 5.00. The summed E-state index contributed by atoms with van der Waals surface area (Å²) < 4.78 is 45.4. The molecule has 0 radical (unpaired) electrons. The van der Waals surface area contributed by atoms with E-state index in [9.17, 15) is 18.0 Å². The molecule has 0 unspecified atom stereocenters. The van der Waals surface area contributed by atoms with Crippen LogP contribution in [0.2, 0.25) is 0 Å². The molecule has 0 saturated heterocycles. The Bertz CT molecular complexity index is 899. The van der Waals surface area contributed by atoms with Gasteiger partial charge in [-0.3, -0.25) is 4.79 Å². The summed E-state index contributed by atoms with van der Waals surface area (Å²) in [5.74, 6) is -0.877. The molecule has 4 nitrogen and oxygen atoms in total. The van der Waals surface area contributed by atoms with Gasteiger partial charge in [0, 0.05) is 12.5 Å². The van der Waals surface area contributed by atoms with Gasteiger partial charge in [-0.1, -0.05) is 30.3 Å². The van der Waals surface area contributed by atoms with Gasteiger partial charge in [0.15, 0.2) is 11.5 Å². The van der Waals surface area contributed by atoms with Crippen molar-refractivity contribution >= 4 is 22.6 Å². The first kappa shape index (κ1) is 15.1. The summed E-state index contributed by atoms with van der Waals surface area (Å²) in [5, 5.41) is -0.387. The molecule has 0 atom stereocenters. The third-order valence-electron chi connectivity index (χ3n) is 3.39. The van der Waals surface area contributed by atoms with Gasteiger partial charge < -0.3 is 10.2 Å². The second-order valence-electron chi connectivity index (χ2n) is 5.00. The van der Waals surface area contributed by atoms with Crippen LogP contribution in [-0.4, -0.2) is 10.8 Å². The Morgan fingerprint density at radius 1 is 1.22 bits per heavy atom. The van der Waals surface area contributed by atoms with Crippen LogP contribution < -0.4 is 5.73 Å². The third kappa shape index (κ3) is 2.54.